The summed E-state index contributed by atoms with van der Waals surface area (Å²) in [5.41, 5.74) is 4.74. The van der Waals surface area contributed by atoms with E-state index >= 15 is 0 Å². The molecule has 0 fully saturated rings. The molecule has 0 rings (SSSR count). The zero-order chi connectivity index (χ0) is 8.20. The van der Waals surface area contributed by atoms with E-state index < -0.39 is 0 Å². The summed E-state index contributed by atoms with van der Waals surface area (Å²) in [6.07, 6.45) is 0. The number of Topliss-reactive ketones (excluding diaryl/α,β-unsaturated/α-hetero) is 1. The molecule has 0 radical (unpaired) electrons. The van der Waals surface area contributed by atoms with Crippen molar-refractivity contribution in [2.45, 2.75) is 20.8 Å². The van der Waals surface area contributed by atoms with Crippen molar-refractivity contribution < 1.29 is 4.79 Å². The highest BCUT2D eigenvalue weighted by atomic mass is 16.1. The maximum Gasteiger partial charge on any atom is 0.210 e. The summed E-state index contributed by atoms with van der Waals surface area (Å²) >= 11 is 0. The molecule has 10 heavy (non-hydrogen) atoms. The molecule has 0 aromatic heterocycles. The second kappa shape index (κ2) is 3.38. The standard InChI is InChI=1S/C8H13NO/c1-8(2,3)7(10)5-4-6-9/h6,9H2,1-3H3. The molecular weight excluding hydrogens is 126 g/mol. The molecule has 2 nitrogen and oxygen atoms in total. The van der Waals surface area contributed by atoms with Crippen LogP contribution in [-0.2, 0) is 4.79 Å². The quantitative estimate of drug-likeness (QED) is 0.393. The molecule has 0 aliphatic rings. The normalized spacial score (nSPS) is 10.0. The van der Waals surface area contributed by atoms with Crippen molar-refractivity contribution >= 4 is 5.78 Å². The number of carbonyl (C=O) groups is 1. The van der Waals surface area contributed by atoms with Crippen LogP contribution in [0.5, 0.6) is 0 Å². The summed E-state index contributed by atoms with van der Waals surface area (Å²) in [6.45, 7) is 5.75. The van der Waals surface area contributed by atoms with Gasteiger partial charge in [0, 0.05) is 5.41 Å². The van der Waals surface area contributed by atoms with Gasteiger partial charge in [0.1, 0.15) is 0 Å². The number of ketones is 1. The molecule has 0 aromatic rings. The fourth-order valence-corrected chi connectivity index (χ4v) is 0.319. The van der Waals surface area contributed by atoms with Crippen LogP contribution in [0.4, 0.5) is 0 Å². The van der Waals surface area contributed by atoms with Crippen LogP contribution in [0.2, 0.25) is 0 Å². The molecule has 0 unspecified atom stereocenters. The molecule has 0 atom stereocenters. The van der Waals surface area contributed by atoms with Crippen LogP contribution in [0.1, 0.15) is 20.8 Å². The predicted molar refractivity (Wildman–Crippen MR) is 41.3 cm³/mol. The van der Waals surface area contributed by atoms with Crippen LogP contribution in [0.15, 0.2) is 0 Å². The van der Waals surface area contributed by atoms with Crippen molar-refractivity contribution in [1.29, 1.82) is 0 Å². The molecule has 2 heteroatoms. The monoisotopic (exact) mass is 139 g/mol. The van der Waals surface area contributed by atoms with Gasteiger partial charge in [-0.15, -0.1) is 0 Å². The summed E-state index contributed by atoms with van der Waals surface area (Å²) in [7, 11) is 0. The topological polar surface area (TPSA) is 43.1 Å². The average Bonchev–Trinajstić information content (AvgIpc) is 1.80. The fourth-order valence-electron chi connectivity index (χ4n) is 0.319. The van der Waals surface area contributed by atoms with E-state index in [9.17, 15) is 4.79 Å². The van der Waals surface area contributed by atoms with Gasteiger partial charge in [0.15, 0.2) is 0 Å². The lowest BCUT2D eigenvalue weighted by atomic mass is 9.91. The number of nitrogens with two attached hydrogens (primary N) is 1. The van der Waals surface area contributed by atoms with E-state index in [1.165, 1.54) is 0 Å². The highest BCUT2D eigenvalue weighted by molar-refractivity contribution is 5.99. The van der Waals surface area contributed by atoms with Crippen LogP contribution < -0.4 is 5.73 Å². The van der Waals surface area contributed by atoms with Crippen LogP contribution >= 0.6 is 0 Å². The van der Waals surface area contributed by atoms with Crippen LogP contribution in [0.3, 0.4) is 0 Å². The van der Waals surface area contributed by atoms with Crippen molar-refractivity contribution in [1.82, 2.24) is 0 Å². The average molecular weight is 139 g/mol. The smallest absolute Gasteiger partial charge is 0.210 e. The first-order chi connectivity index (χ1) is 4.48. The Kier molecular flexibility index (Phi) is 3.11. The van der Waals surface area contributed by atoms with Gasteiger partial charge in [-0.2, -0.15) is 0 Å². The van der Waals surface area contributed by atoms with Gasteiger partial charge in [0.2, 0.25) is 5.78 Å². The third-order valence-corrected chi connectivity index (χ3v) is 0.985. The predicted octanol–water partition coefficient (Wildman–Crippen LogP) is 0.564. The second-order valence-corrected chi connectivity index (χ2v) is 3.09. The Morgan fingerprint density at radius 3 is 2.30 bits per heavy atom. The molecule has 56 valence electrons. The zero-order valence-electron chi connectivity index (χ0n) is 6.69. The Labute approximate surface area is 61.8 Å². The maximum absolute atomic E-state index is 11.0. The summed E-state index contributed by atoms with van der Waals surface area (Å²) in [5, 5.41) is 0. The van der Waals surface area contributed by atoms with Gasteiger partial charge in [-0.05, 0) is 5.92 Å². The molecule has 0 heterocycles. The lowest BCUT2D eigenvalue weighted by molar-refractivity contribution is -0.120. The molecule has 0 aliphatic carbocycles. The van der Waals surface area contributed by atoms with E-state index in [4.69, 9.17) is 5.73 Å². The summed E-state index contributed by atoms with van der Waals surface area (Å²) in [6, 6.07) is 0. The van der Waals surface area contributed by atoms with E-state index in [-0.39, 0.29) is 17.7 Å². The molecular formula is C8H13NO. The molecule has 0 aromatic carbocycles. The zero-order valence-corrected chi connectivity index (χ0v) is 6.69. The first-order valence-electron chi connectivity index (χ1n) is 3.22. The van der Waals surface area contributed by atoms with E-state index in [0.717, 1.165) is 0 Å². The maximum atomic E-state index is 11.0. The van der Waals surface area contributed by atoms with E-state index in [2.05, 4.69) is 11.8 Å². The molecule has 0 spiro atoms. The highest BCUT2D eigenvalue weighted by Crippen LogP contribution is 2.12. The number of rotatable bonds is 0. The minimum absolute atomic E-state index is 0.0575. The largest absolute Gasteiger partial charge is 0.320 e. The number of hydrogen-bond donors (Lipinski definition) is 1. The molecule has 0 aliphatic heterocycles. The SMILES string of the molecule is CC(C)(C)C(=O)C#CCN. The van der Waals surface area contributed by atoms with Crippen molar-refractivity contribution in [2.75, 3.05) is 6.54 Å². The lowest BCUT2D eigenvalue weighted by Gasteiger charge is -2.10. The highest BCUT2D eigenvalue weighted by Gasteiger charge is 2.18. The van der Waals surface area contributed by atoms with Crippen LogP contribution in [0, 0.1) is 17.3 Å². The fraction of sp³-hybridized carbons (Fsp3) is 0.625. The Bertz CT molecular complexity index is 178. The third-order valence-electron chi connectivity index (χ3n) is 0.985. The minimum atomic E-state index is -0.359. The van der Waals surface area contributed by atoms with Crippen molar-refractivity contribution in [3.8, 4) is 11.8 Å². The Balaban J connectivity index is 4.12. The number of hydrogen-bond acceptors (Lipinski definition) is 2. The van der Waals surface area contributed by atoms with Crippen LogP contribution in [-0.4, -0.2) is 12.3 Å². The Morgan fingerprint density at radius 2 is 2.00 bits per heavy atom. The molecule has 0 saturated heterocycles. The van der Waals surface area contributed by atoms with Crippen molar-refractivity contribution in [3.63, 3.8) is 0 Å². The van der Waals surface area contributed by atoms with Crippen molar-refractivity contribution in [2.24, 2.45) is 11.1 Å². The Hall–Kier alpha value is -0.810. The molecule has 0 saturated carbocycles. The van der Waals surface area contributed by atoms with Crippen LogP contribution in [0.25, 0.3) is 0 Å². The Morgan fingerprint density at radius 1 is 1.50 bits per heavy atom. The molecule has 0 amide bonds. The molecule has 0 bridgehead atoms. The molecule has 2 N–H and O–H groups in total. The summed E-state index contributed by atoms with van der Waals surface area (Å²) in [5.74, 6) is 4.93. The van der Waals surface area contributed by atoms with Crippen molar-refractivity contribution in [3.05, 3.63) is 0 Å². The van der Waals surface area contributed by atoms with Gasteiger partial charge in [-0.3, -0.25) is 4.79 Å². The van der Waals surface area contributed by atoms with Gasteiger partial charge >= 0.3 is 0 Å². The van der Waals surface area contributed by atoms with Gasteiger partial charge in [0.05, 0.1) is 6.54 Å². The van der Waals surface area contributed by atoms with Gasteiger partial charge in [-0.1, -0.05) is 26.7 Å². The third kappa shape index (κ3) is 3.26. The second-order valence-electron chi connectivity index (χ2n) is 3.09. The number of carbonyl (C=O) groups excluding carboxylic acids is 1. The van der Waals surface area contributed by atoms with Gasteiger partial charge in [-0.25, -0.2) is 0 Å². The van der Waals surface area contributed by atoms with Gasteiger partial charge < -0.3 is 5.73 Å². The summed E-state index contributed by atoms with van der Waals surface area (Å²) < 4.78 is 0. The summed E-state index contributed by atoms with van der Waals surface area (Å²) in [4.78, 5) is 11.0. The van der Waals surface area contributed by atoms with Gasteiger partial charge in [0.25, 0.3) is 0 Å². The minimum Gasteiger partial charge on any atom is -0.320 e. The van der Waals surface area contributed by atoms with E-state index in [1.807, 2.05) is 20.8 Å². The van der Waals surface area contributed by atoms with E-state index in [1.54, 1.807) is 0 Å². The first-order valence-corrected chi connectivity index (χ1v) is 3.22. The lowest BCUT2D eigenvalue weighted by Crippen LogP contribution is -2.18. The van der Waals surface area contributed by atoms with E-state index in [0.29, 0.717) is 0 Å². The first kappa shape index (κ1) is 9.19.